The summed E-state index contributed by atoms with van der Waals surface area (Å²) in [6, 6.07) is 10.9. The van der Waals surface area contributed by atoms with Gasteiger partial charge in [-0.1, -0.05) is 12.1 Å². The van der Waals surface area contributed by atoms with Crippen LogP contribution < -0.4 is 5.73 Å². The monoisotopic (exact) mass is 284 g/mol. The van der Waals surface area contributed by atoms with E-state index >= 15 is 0 Å². The summed E-state index contributed by atoms with van der Waals surface area (Å²) in [6.07, 6.45) is 0. The molecule has 0 amide bonds. The highest BCUT2D eigenvalue weighted by Gasteiger charge is 2.15. The number of aryl methyl sites for hydroxylation is 1. The topological polar surface area (TPSA) is 76.1 Å². The number of nitrogens with zero attached hydrogens (tertiary/aromatic N) is 1. The number of esters is 1. The summed E-state index contributed by atoms with van der Waals surface area (Å²) < 4.78 is 18.7. The van der Waals surface area contributed by atoms with Crippen molar-refractivity contribution in [2.45, 2.75) is 13.5 Å². The summed E-state index contributed by atoms with van der Waals surface area (Å²) in [5.74, 6) is -1.15. The lowest BCUT2D eigenvalue weighted by atomic mass is 10.1. The molecule has 0 atom stereocenters. The molecule has 106 valence electrons. The number of hydrogen-bond acceptors (Lipinski definition) is 4. The fourth-order valence-electron chi connectivity index (χ4n) is 1.94. The maximum absolute atomic E-state index is 13.6. The van der Waals surface area contributed by atoms with Gasteiger partial charge in [0, 0.05) is 11.3 Å². The van der Waals surface area contributed by atoms with Gasteiger partial charge in [0.25, 0.3) is 0 Å². The zero-order chi connectivity index (χ0) is 15.4. The Bertz CT molecular complexity index is 715. The Balaban J connectivity index is 2.17. The van der Waals surface area contributed by atoms with Gasteiger partial charge in [-0.25, -0.2) is 9.18 Å². The van der Waals surface area contributed by atoms with Crippen LogP contribution in [0.1, 0.15) is 27.0 Å². The van der Waals surface area contributed by atoms with Crippen LogP contribution in [-0.4, -0.2) is 5.97 Å². The number of nitrogens with two attached hydrogens (primary N) is 1. The van der Waals surface area contributed by atoms with Crippen LogP contribution in [-0.2, 0) is 11.3 Å². The lowest BCUT2D eigenvalue weighted by Gasteiger charge is -2.10. The van der Waals surface area contributed by atoms with E-state index in [1.165, 1.54) is 18.2 Å². The summed E-state index contributed by atoms with van der Waals surface area (Å²) in [5.41, 5.74) is 7.47. The molecule has 0 unspecified atom stereocenters. The molecule has 2 rings (SSSR count). The number of nitrogen functional groups attached to an aromatic ring is 1. The van der Waals surface area contributed by atoms with Gasteiger partial charge in [0.1, 0.15) is 12.4 Å². The van der Waals surface area contributed by atoms with Crippen molar-refractivity contribution in [2.24, 2.45) is 0 Å². The molecule has 4 nitrogen and oxygen atoms in total. The standard InChI is InChI=1S/C16H13FN2O2/c1-10-3-2-4-14(19)15(10)16(20)21-9-12-7-11(8-18)5-6-13(12)17/h2-7H,9,19H2,1H3. The molecule has 2 aromatic carbocycles. The van der Waals surface area contributed by atoms with E-state index in [2.05, 4.69) is 0 Å². The first-order valence-corrected chi connectivity index (χ1v) is 6.23. The largest absolute Gasteiger partial charge is 0.457 e. The highest BCUT2D eigenvalue weighted by atomic mass is 19.1. The van der Waals surface area contributed by atoms with Gasteiger partial charge in [0.2, 0.25) is 0 Å². The summed E-state index contributed by atoms with van der Waals surface area (Å²) >= 11 is 0. The number of benzene rings is 2. The molecule has 0 aromatic heterocycles. The summed E-state index contributed by atoms with van der Waals surface area (Å²) in [5, 5.41) is 8.78. The predicted molar refractivity (Wildman–Crippen MR) is 75.8 cm³/mol. The van der Waals surface area contributed by atoms with Crippen molar-refractivity contribution in [1.82, 2.24) is 0 Å². The number of carbonyl (C=O) groups excluding carboxylic acids is 1. The van der Waals surface area contributed by atoms with Crippen LogP contribution in [0.25, 0.3) is 0 Å². The van der Waals surface area contributed by atoms with E-state index in [0.717, 1.165) is 0 Å². The fraction of sp³-hybridized carbons (Fsp3) is 0.125. The minimum absolute atomic E-state index is 0.148. The van der Waals surface area contributed by atoms with Gasteiger partial charge >= 0.3 is 5.97 Å². The number of carbonyl (C=O) groups is 1. The Labute approximate surface area is 121 Å². The van der Waals surface area contributed by atoms with Crippen LogP contribution in [0.5, 0.6) is 0 Å². The first kappa shape index (κ1) is 14.5. The third kappa shape index (κ3) is 3.18. The third-order valence-corrected chi connectivity index (χ3v) is 3.04. The first-order chi connectivity index (χ1) is 10.0. The molecule has 0 spiro atoms. The Morgan fingerprint density at radius 2 is 2.14 bits per heavy atom. The van der Waals surface area contributed by atoms with E-state index in [-0.39, 0.29) is 17.7 Å². The Kier molecular flexibility index (Phi) is 4.19. The number of halogens is 1. The van der Waals surface area contributed by atoms with Crippen LogP contribution in [0.4, 0.5) is 10.1 Å². The zero-order valence-corrected chi connectivity index (χ0v) is 11.4. The van der Waals surface area contributed by atoms with Crippen LogP contribution in [0, 0.1) is 24.1 Å². The molecule has 0 fully saturated rings. The molecular weight excluding hydrogens is 271 g/mol. The number of rotatable bonds is 3. The second-order valence-corrected chi connectivity index (χ2v) is 4.53. The molecule has 2 N–H and O–H groups in total. The van der Waals surface area contributed by atoms with Crippen LogP contribution in [0.15, 0.2) is 36.4 Å². The quantitative estimate of drug-likeness (QED) is 0.694. The molecule has 0 aliphatic rings. The number of hydrogen-bond donors (Lipinski definition) is 1. The SMILES string of the molecule is Cc1cccc(N)c1C(=O)OCc1cc(C#N)ccc1F. The smallest absolute Gasteiger partial charge is 0.340 e. The zero-order valence-electron chi connectivity index (χ0n) is 11.4. The fourth-order valence-corrected chi connectivity index (χ4v) is 1.94. The van der Waals surface area contributed by atoms with E-state index in [4.69, 9.17) is 15.7 Å². The lowest BCUT2D eigenvalue weighted by Crippen LogP contribution is -2.10. The highest BCUT2D eigenvalue weighted by molar-refractivity contribution is 5.96. The van der Waals surface area contributed by atoms with Crippen LogP contribution >= 0.6 is 0 Å². The summed E-state index contributed by atoms with van der Waals surface area (Å²) in [4.78, 5) is 12.0. The van der Waals surface area contributed by atoms with Crippen LogP contribution in [0.3, 0.4) is 0 Å². The van der Waals surface area contributed by atoms with Gasteiger partial charge in [0.05, 0.1) is 17.2 Å². The average molecular weight is 284 g/mol. The van der Waals surface area contributed by atoms with Gasteiger partial charge < -0.3 is 10.5 Å². The van der Waals surface area contributed by atoms with Gasteiger partial charge in [-0.05, 0) is 36.8 Å². The second kappa shape index (κ2) is 6.06. The van der Waals surface area contributed by atoms with Crippen LogP contribution in [0.2, 0.25) is 0 Å². The molecule has 0 aliphatic heterocycles. The molecule has 0 saturated heterocycles. The van der Waals surface area contributed by atoms with E-state index in [9.17, 15) is 9.18 Å². The summed E-state index contributed by atoms with van der Waals surface area (Å²) in [6.45, 7) is 1.48. The lowest BCUT2D eigenvalue weighted by molar-refractivity contribution is 0.0469. The minimum atomic E-state index is -0.618. The maximum Gasteiger partial charge on any atom is 0.340 e. The number of anilines is 1. The molecule has 2 aromatic rings. The number of nitriles is 1. The van der Waals surface area contributed by atoms with Crippen molar-refractivity contribution >= 4 is 11.7 Å². The Morgan fingerprint density at radius 1 is 1.38 bits per heavy atom. The van der Waals surface area contributed by atoms with Gasteiger partial charge in [-0.3, -0.25) is 0 Å². The normalized spacial score (nSPS) is 9.95. The van der Waals surface area contributed by atoms with Crippen molar-refractivity contribution in [3.63, 3.8) is 0 Å². The van der Waals surface area contributed by atoms with Crippen molar-refractivity contribution in [1.29, 1.82) is 5.26 Å². The van der Waals surface area contributed by atoms with Crippen molar-refractivity contribution in [2.75, 3.05) is 5.73 Å². The Hall–Kier alpha value is -2.87. The third-order valence-electron chi connectivity index (χ3n) is 3.04. The average Bonchev–Trinajstić information content (AvgIpc) is 2.46. The molecule has 0 bridgehead atoms. The van der Waals surface area contributed by atoms with Gasteiger partial charge in [0.15, 0.2) is 0 Å². The van der Waals surface area contributed by atoms with Gasteiger partial charge in [-0.2, -0.15) is 5.26 Å². The first-order valence-electron chi connectivity index (χ1n) is 6.23. The molecule has 21 heavy (non-hydrogen) atoms. The predicted octanol–water partition coefficient (Wildman–Crippen LogP) is 2.95. The van der Waals surface area contributed by atoms with Crippen molar-refractivity contribution in [3.8, 4) is 6.07 Å². The van der Waals surface area contributed by atoms with E-state index in [1.54, 1.807) is 25.1 Å². The second-order valence-electron chi connectivity index (χ2n) is 4.53. The maximum atomic E-state index is 13.6. The highest BCUT2D eigenvalue weighted by Crippen LogP contribution is 2.19. The van der Waals surface area contributed by atoms with E-state index < -0.39 is 11.8 Å². The molecule has 0 heterocycles. The molecule has 0 radical (unpaired) electrons. The van der Waals surface area contributed by atoms with E-state index in [0.29, 0.717) is 16.8 Å². The van der Waals surface area contributed by atoms with Crippen molar-refractivity contribution in [3.05, 3.63) is 64.5 Å². The number of ether oxygens (including phenoxy) is 1. The molecule has 5 heteroatoms. The molecular formula is C16H13FN2O2. The minimum Gasteiger partial charge on any atom is -0.457 e. The summed E-state index contributed by atoms with van der Waals surface area (Å²) in [7, 11) is 0. The van der Waals surface area contributed by atoms with E-state index in [1.807, 2.05) is 6.07 Å². The Morgan fingerprint density at radius 3 is 2.81 bits per heavy atom. The molecule has 0 aliphatic carbocycles. The molecule has 0 saturated carbocycles. The van der Waals surface area contributed by atoms with Crippen molar-refractivity contribution < 1.29 is 13.9 Å². The van der Waals surface area contributed by atoms with Gasteiger partial charge in [-0.15, -0.1) is 0 Å².